The zero-order chi connectivity index (χ0) is 28.0. The summed E-state index contributed by atoms with van der Waals surface area (Å²) in [6.07, 6.45) is 4.32. The summed E-state index contributed by atoms with van der Waals surface area (Å²) in [5, 5.41) is 3.09. The Morgan fingerprint density at radius 3 is 2.42 bits per heavy atom. The Morgan fingerprint density at radius 2 is 1.77 bits per heavy atom. The van der Waals surface area contributed by atoms with Crippen LogP contribution in [0.15, 0.2) is 48.7 Å². The topological polar surface area (TPSA) is 82.1 Å². The number of para-hydroxylation sites is 1. The van der Waals surface area contributed by atoms with Crippen molar-refractivity contribution in [1.82, 2.24) is 29.7 Å². The first kappa shape index (κ1) is 26.6. The standard InChI is InChI=1S/C32H41N7O/c1-21-33-25(20-39(21)28-14-13-26(28)34-22(2)40)19-37-15-17-38(18-16-37)29-8-6-7-27-30(29)36-31(35-27)23-9-11-24(12-10-23)32(3,4)5/h6-12,20,26,28H,13-19H2,1-5H3,(H,34,40)(H,35,36). The highest BCUT2D eigenvalue weighted by Crippen LogP contribution is 2.34. The number of carbonyl (C=O) groups is 1. The second-order valence-corrected chi connectivity index (χ2v) is 12.5. The summed E-state index contributed by atoms with van der Waals surface area (Å²) < 4.78 is 2.27. The van der Waals surface area contributed by atoms with Gasteiger partial charge >= 0.3 is 0 Å². The Balaban J connectivity index is 1.11. The Morgan fingerprint density at radius 1 is 1.02 bits per heavy atom. The summed E-state index contributed by atoms with van der Waals surface area (Å²) in [4.78, 5) is 30.0. The van der Waals surface area contributed by atoms with Crippen molar-refractivity contribution in [2.75, 3.05) is 31.1 Å². The summed E-state index contributed by atoms with van der Waals surface area (Å²) in [5.74, 6) is 1.99. The zero-order valence-electron chi connectivity index (χ0n) is 24.4. The number of anilines is 1. The minimum atomic E-state index is 0.0436. The fourth-order valence-corrected chi connectivity index (χ4v) is 6.12. The monoisotopic (exact) mass is 539 g/mol. The van der Waals surface area contributed by atoms with Crippen LogP contribution in [0.3, 0.4) is 0 Å². The molecule has 6 rings (SSSR count). The number of hydrogen-bond acceptors (Lipinski definition) is 5. The summed E-state index contributed by atoms with van der Waals surface area (Å²) in [6.45, 7) is 15.1. The van der Waals surface area contributed by atoms with Crippen molar-refractivity contribution < 1.29 is 4.79 Å². The Kier molecular flexibility index (Phi) is 6.90. The molecule has 0 spiro atoms. The molecule has 0 bridgehead atoms. The number of benzene rings is 2. The van der Waals surface area contributed by atoms with E-state index in [0.29, 0.717) is 6.04 Å². The summed E-state index contributed by atoms with van der Waals surface area (Å²) in [6, 6.07) is 15.7. The highest BCUT2D eigenvalue weighted by Gasteiger charge is 2.34. The fraction of sp³-hybridized carbons (Fsp3) is 0.469. The van der Waals surface area contributed by atoms with Gasteiger partial charge in [0.1, 0.15) is 17.2 Å². The summed E-state index contributed by atoms with van der Waals surface area (Å²) in [7, 11) is 0. The molecule has 0 radical (unpaired) electrons. The smallest absolute Gasteiger partial charge is 0.217 e. The van der Waals surface area contributed by atoms with Crippen molar-refractivity contribution in [2.24, 2.45) is 0 Å². The molecule has 8 nitrogen and oxygen atoms in total. The number of fused-ring (bicyclic) bond motifs is 1. The number of nitrogens with zero attached hydrogens (tertiary/aromatic N) is 5. The maximum absolute atomic E-state index is 11.5. The van der Waals surface area contributed by atoms with E-state index in [9.17, 15) is 4.79 Å². The van der Waals surface area contributed by atoms with Gasteiger partial charge in [-0.1, -0.05) is 51.1 Å². The van der Waals surface area contributed by atoms with Gasteiger partial charge in [0.05, 0.1) is 22.9 Å². The first-order valence-corrected chi connectivity index (χ1v) is 14.5. The second-order valence-electron chi connectivity index (χ2n) is 12.5. The molecule has 2 aromatic carbocycles. The molecule has 2 unspecified atom stereocenters. The van der Waals surface area contributed by atoms with Crippen LogP contribution in [0, 0.1) is 6.92 Å². The van der Waals surface area contributed by atoms with Gasteiger partial charge in [-0.3, -0.25) is 9.69 Å². The quantitative estimate of drug-likeness (QED) is 0.352. The molecular formula is C32H41N7O. The predicted molar refractivity (Wildman–Crippen MR) is 161 cm³/mol. The zero-order valence-corrected chi connectivity index (χ0v) is 24.4. The van der Waals surface area contributed by atoms with Crippen molar-refractivity contribution in [2.45, 2.75) is 71.5 Å². The molecule has 2 atom stereocenters. The van der Waals surface area contributed by atoms with Gasteiger partial charge < -0.3 is 19.8 Å². The molecule has 4 aromatic rings. The number of nitrogens with one attached hydrogen (secondary N) is 2. The SMILES string of the molecule is CC(=O)NC1CCC1n1cc(CN2CCN(c3cccc4[nH]c(-c5ccc(C(C)(C)C)cc5)nc34)CC2)nc1C. The molecule has 210 valence electrons. The van der Waals surface area contributed by atoms with Gasteiger partial charge in [0.25, 0.3) is 0 Å². The highest BCUT2D eigenvalue weighted by atomic mass is 16.1. The number of aromatic amines is 1. The normalized spacial score (nSPS) is 20.1. The molecule has 40 heavy (non-hydrogen) atoms. The molecule has 2 fully saturated rings. The molecule has 1 saturated carbocycles. The van der Waals surface area contributed by atoms with Crippen LogP contribution in [0.5, 0.6) is 0 Å². The van der Waals surface area contributed by atoms with E-state index in [0.717, 1.165) is 79.5 Å². The lowest BCUT2D eigenvalue weighted by Crippen LogP contribution is -2.47. The first-order valence-electron chi connectivity index (χ1n) is 14.5. The van der Waals surface area contributed by atoms with E-state index in [1.54, 1.807) is 6.92 Å². The van der Waals surface area contributed by atoms with Crippen LogP contribution in [0.1, 0.15) is 63.7 Å². The summed E-state index contributed by atoms with van der Waals surface area (Å²) in [5.41, 5.74) is 6.98. The maximum Gasteiger partial charge on any atom is 0.217 e. The molecular weight excluding hydrogens is 498 g/mol. The van der Waals surface area contributed by atoms with Crippen LogP contribution in [0.4, 0.5) is 5.69 Å². The minimum Gasteiger partial charge on any atom is -0.367 e. The molecule has 1 amide bonds. The number of carbonyl (C=O) groups excluding carboxylic acids is 1. The number of rotatable bonds is 6. The Bertz CT molecular complexity index is 1500. The fourth-order valence-electron chi connectivity index (χ4n) is 6.12. The number of H-pyrrole nitrogens is 1. The highest BCUT2D eigenvalue weighted by molar-refractivity contribution is 5.91. The van der Waals surface area contributed by atoms with Crippen molar-refractivity contribution >= 4 is 22.6 Å². The Hall–Kier alpha value is -3.65. The third-order valence-electron chi connectivity index (χ3n) is 8.57. The molecule has 1 saturated heterocycles. The Labute approximate surface area is 236 Å². The average Bonchev–Trinajstić information content (AvgIpc) is 3.50. The van der Waals surface area contributed by atoms with Gasteiger partial charge in [-0.25, -0.2) is 9.97 Å². The summed E-state index contributed by atoms with van der Waals surface area (Å²) >= 11 is 0. The van der Waals surface area contributed by atoms with E-state index in [2.05, 4.69) is 101 Å². The number of piperazine rings is 1. The van der Waals surface area contributed by atoms with Gasteiger partial charge in [0.2, 0.25) is 5.91 Å². The lowest BCUT2D eigenvalue weighted by molar-refractivity contribution is -0.120. The van der Waals surface area contributed by atoms with Crippen molar-refractivity contribution in [3.05, 3.63) is 65.7 Å². The van der Waals surface area contributed by atoms with Gasteiger partial charge in [0.15, 0.2) is 0 Å². The van der Waals surface area contributed by atoms with E-state index in [1.165, 1.54) is 11.3 Å². The largest absolute Gasteiger partial charge is 0.367 e. The number of hydrogen-bond donors (Lipinski definition) is 2. The van der Waals surface area contributed by atoms with E-state index < -0.39 is 0 Å². The van der Waals surface area contributed by atoms with Gasteiger partial charge in [-0.05, 0) is 42.9 Å². The maximum atomic E-state index is 11.5. The van der Waals surface area contributed by atoms with E-state index >= 15 is 0 Å². The lowest BCUT2D eigenvalue weighted by Gasteiger charge is -2.38. The molecule has 2 N–H and O–H groups in total. The lowest BCUT2D eigenvalue weighted by atomic mass is 9.86. The molecule has 1 aliphatic heterocycles. The van der Waals surface area contributed by atoms with Crippen LogP contribution in [0.2, 0.25) is 0 Å². The third-order valence-corrected chi connectivity index (χ3v) is 8.57. The van der Waals surface area contributed by atoms with E-state index in [1.807, 2.05) is 0 Å². The van der Waals surface area contributed by atoms with Crippen molar-refractivity contribution in [1.29, 1.82) is 0 Å². The number of aryl methyl sites for hydroxylation is 1. The number of amides is 1. The van der Waals surface area contributed by atoms with Crippen LogP contribution in [0.25, 0.3) is 22.4 Å². The minimum absolute atomic E-state index is 0.0436. The molecule has 2 aromatic heterocycles. The second kappa shape index (κ2) is 10.4. The number of aromatic nitrogens is 4. The van der Waals surface area contributed by atoms with Crippen LogP contribution < -0.4 is 10.2 Å². The van der Waals surface area contributed by atoms with Crippen LogP contribution in [-0.4, -0.2) is 62.5 Å². The van der Waals surface area contributed by atoms with Crippen molar-refractivity contribution in [3.63, 3.8) is 0 Å². The average molecular weight is 540 g/mol. The van der Waals surface area contributed by atoms with Gasteiger partial charge in [-0.2, -0.15) is 0 Å². The van der Waals surface area contributed by atoms with E-state index in [-0.39, 0.29) is 17.4 Å². The van der Waals surface area contributed by atoms with Gasteiger partial charge in [-0.15, -0.1) is 0 Å². The molecule has 3 heterocycles. The first-order chi connectivity index (χ1) is 19.2. The molecule has 8 heteroatoms. The van der Waals surface area contributed by atoms with Gasteiger partial charge in [0, 0.05) is 57.4 Å². The van der Waals surface area contributed by atoms with Crippen molar-refractivity contribution in [3.8, 4) is 11.4 Å². The number of imidazole rings is 2. The van der Waals surface area contributed by atoms with E-state index in [4.69, 9.17) is 9.97 Å². The third kappa shape index (κ3) is 5.24. The van der Waals surface area contributed by atoms with Crippen LogP contribution >= 0.6 is 0 Å². The predicted octanol–water partition coefficient (Wildman–Crippen LogP) is 5.19. The molecule has 2 aliphatic rings. The van der Waals surface area contributed by atoms with Crippen LogP contribution in [-0.2, 0) is 16.8 Å². The molecule has 1 aliphatic carbocycles.